The summed E-state index contributed by atoms with van der Waals surface area (Å²) in [5, 5.41) is 3.71. The number of nitrogens with one attached hydrogen (secondary N) is 1. The Balaban J connectivity index is 2.35. The second kappa shape index (κ2) is 5.56. The molecule has 10 heteroatoms. The molecule has 0 saturated heterocycles. The molecule has 0 bridgehead atoms. The summed E-state index contributed by atoms with van der Waals surface area (Å²) in [4.78, 5) is -0.253. The number of para-hydroxylation sites is 2. The fourth-order valence-corrected chi connectivity index (χ4v) is 2.82. The number of sulfonamides is 1. The number of alkyl halides is 2. The van der Waals surface area contributed by atoms with Gasteiger partial charge in [0.2, 0.25) is 0 Å². The zero-order valence-electron chi connectivity index (χ0n) is 10.8. The highest BCUT2D eigenvalue weighted by Gasteiger charge is 2.22. The maximum Gasteiger partial charge on any atom is 0.387 e. The molecule has 0 fully saturated rings. The first kappa shape index (κ1) is 15.0. The van der Waals surface area contributed by atoms with Gasteiger partial charge in [-0.15, -0.1) is 0 Å². The van der Waals surface area contributed by atoms with Crippen molar-refractivity contribution in [3.8, 4) is 5.75 Å². The van der Waals surface area contributed by atoms with Crippen molar-refractivity contribution in [2.24, 2.45) is 7.05 Å². The molecule has 21 heavy (non-hydrogen) atoms. The minimum Gasteiger partial charge on any atom is -0.433 e. The molecular formula is C11H12F2N4O3S. The predicted octanol–water partition coefficient (Wildman–Crippen LogP) is 1.40. The van der Waals surface area contributed by atoms with Crippen molar-refractivity contribution >= 4 is 21.5 Å². The molecule has 7 nitrogen and oxygen atoms in total. The Morgan fingerprint density at radius 2 is 2.05 bits per heavy atom. The topological polar surface area (TPSA) is 99.2 Å². The maximum absolute atomic E-state index is 12.3. The van der Waals surface area contributed by atoms with E-state index in [-0.39, 0.29) is 22.2 Å². The minimum absolute atomic E-state index is 0.124. The van der Waals surface area contributed by atoms with E-state index < -0.39 is 16.6 Å². The summed E-state index contributed by atoms with van der Waals surface area (Å²) in [6.45, 7) is -3.07. The lowest BCUT2D eigenvalue weighted by molar-refractivity contribution is -0.0493. The van der Waals surface area contributed by atoms with Crippen molar-refractivity contribution in [3.05, 3.63) is 30.5 Å². The second-order valence-corrected chi connectivity index (χ2v) is 5.68. The van der Waals surface area contributed by atoms with Gasteiger partial charge in [0, 0.05) is 13.2 Å². The first-order chi connectivity index (χ1) is 9.79. The van der Waals surface area contributed by atoms with Crippen LogP contribution < -0.4 is 15.2 Å². The lowest BCUT2D eigenvalue weighted by Gasteiger charge is -2.12. The van der Waals surface area contributed by atoms with E-state index in [1.165, 1.54) is 42.2 Å². The molecule has 0 atom stereocenters. The summed E-state index contributed by atoms with van der Waals surface area (Å²) in [5.41, 5.74) is 5.37. The van der Waals surface area contributed by atoms with Crippen molar-refractivity contribution < 1.29 is 21.9 Å². The normalized spacial score (nSPS) is 11.6. The average Bonchev–Trinajstić information content (AvgIpc) is 2.71. The number of halogens is 2. The van der Waals surface area contributed by atoms with Gasteiger partial charge in [-0.1, -0.05) is 12.1 Å². The summed E-state index contributed by atoms with van der Waals surface area (Å²) in [6.07, 6.45) is 1.20. The predicted molar refractivity (Wildman–Crippen MR) is 71.5 cm³/mol. The summed E-state index contributed by atoms with van der Waals surface area (Å²) in [7, 11) is -2.56. The van der Waals surface area contributed by atoms with E-state index in [0.29, 0.717) is 0 Å². The number of nitrogens with two attached hydrogens (primary N) is 1. The smallest absolute Gasteiger partial charge is 0.387 e. The number of nitrogens with zero attached hydrogens (tertiary/aromatic N) is 2. The Bertz CT molecular complexity index is 746. The van der Waals surface area contributed by atoms with Crippen LogP contribution in [0.15, 0.2) is 35.4 Å². The number of anilines is 2. The van der Waals surface area contributed by atoms with E-state index in [0.717, 1.165) is 0 Å². The third-order valence-electron chi connectivity index (χ3n) is 2.46. The van der Waals surface area contributed by atoms with Crippen molar-refractivity contribution in [1.29, 1.82) is 0 Å². The van der Waals surface area contributed by atoms with Gasteiger partial charge in [-0.3, -0.25) is 9.40 Å². The van der Waals surface area contributed by atoms with Crippen LogP contribution >= 0.6 is 0 Å². The molecule has 1 heterocycles. The van der Waals surface area contributed by atoms with Crippen LogP contribution in [0.25, 0.3) is 0 Å². The molecule has 3 N–H and O–H groups in total. The van der Waals surface area contributed by atoms with Gasteiger partial charge in [-0.25, -0.2) is 8.42 Å². The molecule has 0 saturated carbocycles. The highest BCUT2D eigenvalue weighted by molar-refractivity contribution is 7.92. The van der Waals surface area contributed by atoms with Crippen LogP contribution in [0.3, 0.4) is 0 Å². The minimum atomic E-state index is -4.06. The quantitative estimate of drug-likeness (QED) is 0.868. The number of rotatable bonds is 5. The largest absolute Gasteiger partial charge is 0.433 e. The van der Waals surface area contributed by atoms with E-state index in [4.69, 9.17) is 5.73 Å². The Hall–Kier alpha value is -2.36. The molecule has 0 unspecified atom stereocenters. The lowest BCUT2D eigenvalue weighted by atomic mass is 10.3. The highest BCUT2D eigenvalue weighted by Crippen LogP contribution is 2.28. The van der Waals surface area contributed by atoms with E-state index in [1.54, 1.807) is 0 Å². The molecule has 114 valence electrons. The van der Waals surface area contributed by atoms with Crippen LogP contribution in [0.1, 0.15) is 0 Å². The first-order valence-corrected chi connectivity index (χ1v) is 7.13. The van der Waals surface area contributed by atoms with Gasteiger partial charge < -0.3 is 10.5 Å². The molecule has 0 amide bonds. The zero-order chi connectivity index (χ0) is 15.6. The number of benzene rings is 1. The first-order valence-electron chi connectivity index (χ1n) is 5.65. The highest BCUT2D eigenvalue weighted by atomic mass is 32.2. The lowest BCUT2D eigenvalue weighted by Crippen LogP contribution is -2.15. The van der Waals surface area contributed by atoms with Crippen molar-refractivity contribution in [1.82, 2.24) is 9.78 Å². The van der Waals surface area contributed by atoms with Gasteiger partial charge >= 0.3 is 6.61 Å². The molecule has 0 radical (unpaired) electrons. The number of ether oxygens (including phenoxy) is 1. The molecule has 2 rings (SSSR count). The van der Waals surface area contributed by atoms with E-state index in [2.05, 4.69) is 14.6 Å². The molecule has 0 aliphatic heterocycles. The third kappa shape index (κ3) is 3.40. The summed E-state index contributed by atoms with van der Waals surface area (Å²) < 4.78 is 56.6. The summed E-state index contributed by atoms with van der Waals surface area (Å²) >= 11 is 0. The monoisotopic (exact) mass is 318 g/mol. The number of hydrogen-bond donors (Lipinski definition) is 2. The Morgan fingerprint density at radius 3 is 2.62 bits per heavy atom. The summed E-state index contributed by atoms with van der Waals surface area (Å²) in [5.74, 6) is -0.490. The third-order valence-corrected chi connectivity index (χ3v) is 3.84. The van der Waals surface area contributed by atoms with E-state index >= 15 is 0 Å². The van der Waals surface area contributed by atoms with Crippen LogP contribution in [-0.2, 0) is 17.1 Å². The fraction of sp³-hybridized carbons (Fsp3) is 0.182. The summed E-state index contributed by atoms with van der Waals surface area (Å²) in [6, 6.07) is 5.43. The van der Waals surface area contributed by atoms with Crippen LogP contribution in [0.5, 0.6) is 5.75 Å². The molecule has 0 aliphatic rings. The molecule has 0 spiro atoms. The Kier molecular flexibility index (Phi) is 3.98. The standard InChI is InChI=1S/C11H12F2N4O3S/c1-17-6-9(10(14)15-17)21(18,19)16-7-4-2-3-5-8(7)20-11(12)13/h2-6,11,16H,1H3,(H2,14,15). The van der Waals surface area contributed by atoms with Gasteiger partial charge in [0.05, 0.1) is 5.69 Å². The van der Waals surface area contributed by atoms with Crippen molar-refractivity contribution in [2.45, 2.75) is 11.5 Å². The van der Waals surface area contributed by atoms with E-state index in [9.17, 15) is 17.2 Å². The number of nitrogen functional groups attached to an aromatic ring is 1. The average molecular weight is 318 g/mol. The molecular weight excluding hydrogens is 306 g/mol. The van der Waals surface area contributed by atoms with Crippen molar-refractivity contribution in [2.75, 3.05) is 10.5 Å². The van der Waals surface area contributed by atoms with Gasteiger partial charge in [-0.05, 0) is 12.1 Å². The fourth-order valence-electron chi connectivity index (χ4n) is 1.64. The van der Waals surface area contributed by atoms with Crippen LogP contribution in [0.4, 0.5) is 20.3 Å². The van der Waals surface area contributed by atoms with Gasteiger partial charge in [-0.2, -0.15) is 13.9 Å². The maximum atomic E-state index is 12.3. The van der Waals surface area contributed by atoms with Gasteiger partial charge in [0.15, 0.2) is 5.82 Å². The van der Waals surface area contributed by atoms with Crippen LogP contribution in [0.2, 0.25) is 0 Å². The van der Waals surface area contributed by atoms with Crippen LogP contribution in [0, 0.1) is 0 Å². The number of aryl methyl sites for hydroxylation is 1. The molecule has 1 aromatic heterocycles. The van der Waals surface area contributed by atoms with E-state index in [1.807, 2.05) is 0 Å². The van der Waals surface area contributed by atoms with Crippen LogP contribution in [-0.4, -0.2) is 24.8 Å². The number of aromatic nitrogens is 2. The molecule has 2 aromatic rings. The Morgan fingerprint density at radius 1 is 1.38 bits per heavy atom. The van der Waals surface area contributed by atoms with Gasteiger partial charge in [0.25, 0.3) is 10.0 Å². The molecule has 0 aliphatic carbocycles. The van der Waals surface area contributed by atoms with Gasteiger partial charge in [0.1, 0.15) is 10.6 Å². The molecule has 1 aromatic carbocycles. The van der Waals surface area contributed by atoms with Crippen molar-refractivity contribution in [3.63, 3.8) is 0 Å². The SMILES string of the molecule is Cn1cc(S(=O)(=O)Nc2ccccc2OC(F)F)c(N)n1. The zero-order valence-corrected chi connectivity index (χ0v) is 11.6. The second-order valence-electron chi connectivity index (χ2n) is 4.03. The number of hydrogen-bond acceptors (Lipinski definition) is 5. The Labute approximate surface area is 119 Å².